The van der Waals surface area contributed by atoms with Gasteiger partial charge in [-0.1, -0.05) is 19.1 Å². The number of aromatic nitrogens is 4. The summed E-state index contributed by atoms with van der Waals surface area (Å²) in [5.74, 6) is 0.748. The van der Waals surface area contributed by atoms with Gasteiger partial charge in [-0.05, 0) is 36.6 Å². The average molecular weight is 344 g/mol. The lowest BCUT2D eigenvalue weighted by Gasteiger charge is -2.08. The minimum absolute atomic E-state index is 0.203. The summed E-state index contributed by atoms with van der Waals surface area (Å²) in [5.41, 5.74) is 0.145. The SMILES string of the molecule is CCCOCCCCOc1cccc2cc(-c3nn[nH]n3)c(=O)oc12. The van der Waals surface area contributed by atoms with Crippen LogP contribution in [0, 0.1) is 0 Å². The molecule has 0 bridgehead atoms. The molecule has 2 aromatic heterocycles. The number of nitrogens with zero attached hydrogens (tertiary/aromatic N) is 3. The standard InChI is InChI=1S/C17H20N4O4/c1-2-8-23-9-3-4-10-24-14-7-5-6-12-11-13(16-18-20-21-19-16)17(22)25-15(12)14/h5-7,11H,2-4,8-10H2,1H3,(H,18,19,20,21). The summed E-state index contributed by atoms with van der Waals surface area (Å²) >= 11 is 0. The number of nitrogens with one attached hydrogen (secondary N) is 1. The van der Waals surface area contributed by atoms with Crippen molar-refractivity contribution in [2.24, 2.45) is 0 Å². The van der Waals surface area contributed by atoms with E-state index in [2.05, 4.69) is 27.5 Å². The van der Waals surface area contributed by atoms with Crippen molar-refractivity contribution in [1.29, 1.82) is 0 Å². The quantitative estimate of drug-likeness (QED) is 0.470. The lowest BCUT2D eigenvalue weighted by molar-refractivity contribution is 0.127. The second-order valence-corrected chi connectivity index (χ2v) is 5.53. The lowest BCUT2D eigenvalue weighted by Crippen LogP contribution is -2.06. The van der Waals surface area contributed by atoms with Gasteiger partial charge in [-0.2, -0.15) is 5.21 Å². The van der Waals surface area contributed by atoms with Gasteiger partial charge in [0.2, 0.25) is 5.82 Å². The summed E-state index contributed by atoms with van der Waals surface area (Å²) in [5, 5.41) is 14.2. The van der Waals surface area contributed by atoms with Crippen molar-refractivity contribution < 1.29 is 13.9 Å². The van der Waals surface area contributed by atoms with Crippen LogP contribution >= 0.6 is 0 Å². The number of para-hydroxylation sites is 1. The predicted octanol–water partition coefficient (Wildman–Crippen LogP) is 2.56. The number of aromatic amines is 1. The molecular formula is C17H20N4O4. The topological polar surface area (TPSA) is 103 Å². The monoisotopic (exact) mass is 344 g/mol. The molecule has 8 heteroatoms. The molecule has 0 unspecified atom stereocenters. The van der Waals surface area contributed by atoms with Crippen LogP contribution in [-0.4, -0.2) is 40.4 Å². The molecule has 0 aliphatic heterocycles. The molecule has 0 radical (unpaired) electrons. The van der Waals surface area contributed by atoms with Crippen LogP contribution in [0.2, 0.25) is 0 Å². The van der Waals surface area contributed by atoms with E-state index in [1.54, 1.807) is 12.1 Å². The molecule has 3 aromatic rings. The molecule has 0 aliphatic rings. The van der Waals surface area contributed by atoms with Crippen molar-refractivity contribution in [3.05, 3.63) is 34.7 Å². The van der Waals surface area contributed by atoms with Crippen LogP contribution in [0.15, 0.2) is 33.5 Å². The Morgan fingerprint density at radius 3 is 2.88 bits per heavy atom. The molecular weight excluding hydrogens is 324 g/mol. The summed E-state index contributed by atoms with van der Waals surface area (Å²) in [6.07, 6.45) is 2.82. The molecule has 2 heterocycles. The van der Waals surface area contributed by atoms with Crippen LogP contribution in [-0.2, 0) is 4.74 Å². The molecule has 1 aromatic carbocycles. The fourth-order valence-electron chi connectivity index (χ4n) is 2.40. The number of benzene rings is 1. The van der Waals surface area contributed by atoms with Gasteiger partial charge in [-0.25, -0.2) is 4.79 Å². The fourth-order valence-corrected chi connectivity index (χ4v) is 2.40. The van der Waals surface area contributed by atoms with E-state index in [4.69, 9.17) is 13.9 Å². The Morgan fingerprint density at radius 1 is 1.20 bits per heavy atom. The molecule has 132 valence electrons. The van der Waals surface area contributed by atoms with Gasteiger partial charge in [0.1, 0.15) is 5.56 Å². The Bertz CT molecular complexity index is 861. The van der Waals surface area contributed by atoms with Crippen molar-refractivity contribution in [3.8, 4) is 17.1 Å². The van der Waals surface area contributed by atoms with Crippen LogP contribution in [0.1, 0.15) is 26.2 Å². The van der Waals surface area contributed by atoms with E-state index < -0.39 is 5.63 Å². The van der Waals surface area contributed by atoms with Crippen LogP contribution in [0.25, 0.3) is 22.4 Å². The highest BCUT2D eigenvalue weighted by Gasteiger charge is 2.14. The van der Waals surface area contributed by atoms with Crippen molar-refractivity contribution in [1.82, 2.24) is 20.6 Å². The molecule has 0 amide bonds. The van der Waals surface area contributed by atoms with Crippen LogP contribution in [0.3, 0.4) is 0 Å². The number of unbranched alkanes of at least 4 members (excludes halogenated alkanes) is 1. The zero-order valence-corrected chi connectivity index (χ0v) is 14.0. The summed E-state index contributed by atoms with van der Waals surface area (Å²) < 4.78 is 16.6. The van der Waals surface area contributed by atoms with Gasteiger partial charge in [0, 0.05) is 18.6 Å². The van der Waals surface area contributed by atoms with Gasteiger partial charge < -0.3 is 13.9 Å². The molecule has 25 heavy (non-hydrogen) atoms. The first-order chi connectivity index (χ1) is 12.3. The van der Waals surface area contributed by atoms with Crippen molar-refractivity contribution in [2.45, 2.75) is 26.2 Å². The van der Waals surface area contributed by atoms with E-state index in [1.165, 1.54) is 0 Å². The predicted molar refractivity (Wildman–Crippen MR) is 91.5 cm³/mol. The van der Waals surface area contributed by atoms with Crippen molar-refractivity contribution in [2.75, 3.05) is 19.8 Å². The normalized spacial score (nSPS) is 11.1. The van der Waals surface area contributed by atoms with Gasteiger partial charge in [0.15, 0.2) is 11.3 Å². The molecule has 0 saturated carbocycles. The maximum absolute atomic E-state index is 12.2. The highest BCUT2D eigenvalue weighted by Crippen LogP contribution is 2.26. The Hall–Kier alpha value is -2.74. The third-order valence-electron chi connectivity index (χ3n) is 3.60. The van der Waals surface area contributed by atoms with Gasteiger partial charge in [0.05, 0.1) is 6.61 Å². The van der Waals surface area contributed by atoms with Gasteiger partial charge in [-0.3, -0.25) is 0 Å². The highest BCUT2D eigenvalue weighted by atomic mass is 16.5. The van der Waals surface area contributed by atoms with Gasteiger partial charge >= 0.3 is 5.63 Å². The Morgan fingerprint density at radius 2 is 2.08 bits per heavy atom. The Labute approximate surface area is 144 Å². The largest absolute Gasteiger partial charge is 0.490 e. The first kappa shape index (κ1) is 17.1. The maximum Gasteiger partial charge on any atom is 0.347 e. The molecule has 0 saturated heterocycles. The summed E-state index contributed by atoms with van der Waals surface area (Å²) in [6, 6.07) is 7.15. The molecule has 3 rings (SSSR count). The van der Waals surface area contributed by atoms with Gasteiger partial charge in [0.25, 0.3) is 0 Å². The third kappa shape index (κ3) is 4.21. The smallest absolute Gasteiger partial charge is 0.347 e. The molecule has 0 spiro atoms. The lowest BCUT2D eigenvalue weighted by atomic mass is 10.1. The van der Waals surface area contributed by atoms with E-state index in [-0.39, 0.29) is 11.4 Å². The van der Waals surface area contributed by atoms with E-state index in [9.17, 15) is 4.79 Å². The number of tetrazole rings is 1. The summed E-state index contributed by atoms with van der Waals surface area (Å²) in [7, 11) is 0. The highest BCUT2D eigenvalue weighted by molar-refractivity contribution is 5.85. The number of fused-ring (bicyclic) bond motifs is 1. The number of H-pyrrole nitrogens is 1. The van der Waals surface area contributed by atoms with Crippen molar-refractivity contribution in [3.63, 3.8) is 0 Å². The zero-order valence-electron chi connectivity index (χ0n) is 14.0. The minimum Gasteiger partial charge on any atom is -0.490 e. The zero-order chi connectivity index (χ0) is 17.5. The third-order valence-corrected chi connectivity index (χ3v) is 3.60. The molecule has 0 aliphatic carbocycles. The van der Waals surface area contributed by atoms with Crippen molar-refractivity contribution >= 4 is 11.0 Å². The Kier molecular flexibility index (Phi) is 5.73. The maximum atomic E-state index is 12.2. The average Bonchev–Trinajstić information content (AvgIpc) is 3.15. The van der Waals surface area contributed by atoms with E-state index in [0.29, 0.717) is 17.9 Å². The first-order valence-electron chi connectivity index (χ1n) is 8.31. The number of hydrogen-bond acceptors (Lipinski definition) is 7. The van der Waals surface area contributed by atoms with Crippen LogP contribution < -0.4 is 10.4 Å². The molecule has 8 nitrogen and oxygen atoms in total. The first-order valence-corrected chi connectivity index (χ1v) is 8.31. The Balaban J connectivity index is 1.70. The minimum atomic E-state index is -0.530. The second kappa shape index (κ2) is 8.39. The molecule has 1 N–H and O–H groups in total. The van der Waals surface area contributed by atoms with E-state index >= 15 is 0 Å². The molecule has 0 atom stereocenters. The number of rotatable bonds is 9. The number of ether oxygens (including phenoxy) is 2. The second-order valence-electron chi connectivity index (χ2n) is 5.53. The number of hydrogen-bond donors (Lipinski definition) is 1. The van der Waals surface area contributed by atoms with Crippen LogP contribution in [0.5, 0.6) is 5.75 Å². The fraction of sp³-hybridized carbons (Fsp3) is 0.412. The van der Waals surface area contributed by atoms with E-state index in [1.807, 2.05) is 12.1 Å². The summed E-state index contributed by atoms with van der Waals surface area (Å²) in [6.45, 7) is 4.14. The van der Waals surface area contributed by atoms with Gasteiger partial charge in [-0.15, -0.1) is 10.2 Å². The molecule has 0 fully saturated rings. The summed E-state index contributed by atoms with van der Waals surface area (Å²) in [4.78, 5) is 12.2. The van der Waals surface area contributed by atoms with E-state index in [0.717, 1.165) is 37.9 Å². The van der Waals surface area contributed by atoms with Crippen LogP contribution in [0.4, 0.5) is 0 Å².